The van der Waals surface area contributed by atoms with Crippen LogP contribution in [0.15, 0.2) is 42.5 Å². The summed E-state index contributed by atoms with van der Waals surface area (Å²) >= 11 is 13.0. The fraction of sp³-hybridized carbons (Fsp3) is 0.133. The minimum Gasteiger partial charge on any atom is -0.325 e. The maximum absolute atomic E-state index is 13.4. The van der Waals surface area contributed by atoms with Gasteiger partial charge in [-0.1, -0.05) is 41.4 Å². The highest BCUT2D eigenvalue weighted by Gasteiger charge is 2.06. The number of nitrogens with one attached hydrogen (secondary N) is 1. The van der Waals surface area contributed by atoms with Crippen LogP contribution in [0.1, 0.15) is 5.56 Å². The van der Waals surface area contributed by atoms with Crippen molar-refractivity contribution < 1.29 is 9.18 Å². The second-order valence-corrected chi connectivity index (χ2v) is 6.06. The van der Waals surface area contributed by atoms with Gasteiger partial charge in [0.1, 0.15) is 5.82 Å². The van der Waals surface area contributed by atoms with Gasteiger partial charge in [0.2, 0.25) is 5.91 Å². The molecule has 0 bridgehead atoms. The van der Waals surface area contributed by atoms with E-state index in [1.807, 2.05) is 0 Å². The molecule has 0 aliphatic rings. The molecule has 0 atom stereocenters. The molecule has 2 aromatic rings. The van der Waals surface area contributed by atoms with E-state index in [-0.39, 0.29) is 17.5 Å². The monoisotopic (exact) mass is 343 g/mol. The molecule has 0 radical (unpaired) electrons. The van der Waals surface area contributed by atoms with Crippen molar-refractivity contribution in [1.29, 1.82) is 0 Å². The van der Waals surface area contributed by atoms with Crippen molar-refractivity contribution in [3.63, 3.8) is 0 Å². The molecule has 0 aliphatic carbocycles. The van der Waals surface area contributed by atoms with Gasteiger partial charge in [-0.05, 0) is 29.8 Å². The lowest BCUT2D eigenvalue weighted by Crippen LogP contribution is -2.14. The van der Waals surface area contributed by atoms with Gasteiger partial charge in [0, 0.05) is 11.4 Å². The van der Waals surface area contributed by atoms with Crippen LogP contribution < -0.4 is 5.32 Å². The summed E-state index contributed by atoms with van der Waals surface area (Å²) in [5, 5.41) is 3.53. The Bertz CT molecular complexity index is 651. The Morgan fingerprint density at radius 2 is 1.90 bits per heavy atom. The highest BCUT2D eigenvalue weighted by atomic mass is 35.5. The Labute approximate surface area is 136 Å². The van der Waals surface area contributed by atoms with Crippen LogP contribution in [-0.2, 0) is 10.5 Å². The van der Waals surface area contributed by atoms with Crippen LogP contribution in [0.2, 0.25) is 10.0 Å². The van der Waals surface area contributed by atoms with Crippen molar-refractivity contribution in [3.8, 4) is 0 Å². The molecule has 1 amide bonds. The van der Waals surface area contributed by atoms with Gasteiger partial charge in [0.05, 0.1) is 15.8 Å². The average molecular weight is 344 g/mol. The van der Waals surface area contributed by atoms with E-state index in [9.17, 15) is 9.18 Å². The molecule has 2 nitrogen and oxygen atoms in total. The SMILES string of the molecule is O=C(CSCc1ccccc1F)Nc1ccc(Cl)c(Cl)c1. The lowest BCUT2D eigenvalue weighted by Gasteiger charge is -2.06. The molecule has 0 aliphatic heterocycles. The van der Waals surface area contributed by atoms with Crippen LogP contribution in [0.25, 0.3) is 0 Å². The summed E-state index contributed by atoms with van der Waals surface area (Å²) in [5.41, 5.74) is 1.17. The molecule has 0 unspecified atom stereocenters. The molecule has 21 heavy (non-hydrogen) atoms. The number of rotatable bonds is 5. The van der Waals surface area contributed by atoms with Gasteiger partial charge in [-0.25, -0.2) is 4.39 Å². The number of anilines is 1. The first-order chi connectivity index (χ1) is 10.1. The second-order valence-electron chi connectivity index (χ2n) is 4.26. The van der Waals surface area contributed by atoms with Crippen LogP contribution >= 0.6 is 35.0 Å². The highest BCUT2D eigenvalue weighted by Crippen LogP contribution is 2.25. The Morgan fingerprint density at radius 3 is 2.62 bits per heavy atom. The first-order valence-corrected chi connectivity index (χ1v) is 8.03. The quantitative estimate of drug-likeness (QED) is 0.827. The molecule has 0 aromatic heterocycles. The van der Waals surface area contributed by atoms with E-state index < -0.39 is 0 Å². The minimum atomic E-state index is -0.255. The normalized spacial score (nSPS) is 10.4. The van der Waals surface area contributed by atoms with Crippen molar-refractivity contribution in [2.24, 2.45) is 0 Å². The van der Waals surface area contributed by atoms with Gasteiger partial charge in [-0.15, -0.1) is 11.8 Å². The standard InChI is InChI=1S/C15H12Cl2FNOS/c16-12-6-5-11(7-13(12)17)19-15(20)9-21-8-10-3-1-2-4-14(10)18/h1-7H,8-9H2,(H,19,20). The Morgan fingerprint density at radius 1 is 1.14 bits per heavy atom. The fourth-order valence-corrected chi connectivity index (χ4v) is 2.75. The molecular formula is C15H12Cl2FNOS. The summed E-state index contributed by atoms with van der Waals surface area (Å²) < 4.78 is 13.4. The number of thioether (sulfide) groups is 1. The molecule has 2 aromatic carbocycles. The zero-order valence-corrected chi connectivity index (χ0v) is 13.2. The third-order valence-corrected chi connectivity index (χ3v) is 4.37. The van der Waals surface area contributed by atoms with Crippen LogP contribution in [0.4, 0.5) is 10.1 Å². The molecule has 110 valence electrons. The lowest BCUT2D eigenvalue weighted by atomic mass is 10.2. The topological polar surface area (TPSA) is 29.1 Å². The minimum absolute atomic E-state index is 0.172. The molecule has 0 fully saturated rings. The van der Waals surface area contributed by atoms with E-state index in [1.165, 1.54) is 17.8 Å². The third kappa shape index (κ3) is 4.92. The number of halogens is 3. The molecule has 0 heterocycles. The fourth-order valence-electron chi connectivity index (χ4n) is 1.64. The molecule has 0 saturated carbocycles. The number of hydrogen-bond donors (Lipinski definition) is 1. The first kappa shape index (κ1) is 16.1. The number of hydrogen-bond acceptors (Lipinski definition) is 2. The van der Waals surface area contributed by atoms with Gasteiger partial charge in [0.25, 0.3) is 0 Å². The highest BCUT2D eigenvalue weighted by molar-refractivity contribution is 7.99. The van der Waals surface area contributed by atoms with Crippen molar-refractivity contribution in [1.82, 2.24) is 0 Å². The summed E-state index contributed by atoms with van der Waals surface area (Å²) in [5.74, 6) is 0.250. The van der Waals surface area contributed by atoms with Crippen molar-refractivity contribution >= 4 is 46.6 Å². The second kappa shape index (κ2) is 7.69. The Balaban J connectivity index is 1.82. The number of benzene rings is 2. The van der Waals surface area contributed by atoms with Crippen molar-refractivity contribution in [2.75, 3.05) is 11.1 Å². The first-order valence-electron chi connectivity index (χ1n) is 6.12. The van der Waals surface area contributed by atoms with E-state index in [4.69, 9.17) is 23.2 Å². The number of carbonyl (C=O) groups excluding carboxylic acids is 1. The molecule has 2 rings (SSSR count). The zero-order chi connectivity index (χ0) is 15.2. The lowest BCUT2D eigenvalue weighted by molar-refractivity contribution is -0.113. The van der Waals surface area contributed by atoms with E-state index in [2.05, 4.69) is 5.32 Å². The average Bonchev–Trinajstić information content (AvgIpc) is 2.45. The predicted octanol–water partition coefficient (Wildman–Crippen LogP) is 5.00. The van der Waals surface area contributed by atoms with E-state index in [1.54, 1.807) is 36.4 Å². The van der Waals surface area contributed by atoms with Crippen LogP contribution in [-0.4, -0.2) is 11.7 Å². The van der Waals surface area contributed by atoms with Gasteiger partial charge >= 0.3 is 0 Å². The largest absolute Gasteiger partial charge is 0.325 e. The zero-order valence-electron chi connectivity index (χ0n) is 10.9. The summed E-state index contributed by atoms with van der Waals surface area (Å²) in [6, 6.07) is 11.4. The molecular weight excluding hydrogens is 332 g/mol. The number of carbonyl (C=O) groups is 1. The molecule has 0 saturated heterocycles. The Hall–Kier alpha value is -1.23. The van der Waals surface area contributed by atoms with Gasteiger partial charge in [-0.2, -0.15) is 0 Å². The van der Waals surface area contributed by atoms with E-state index >= 15 is 0 Å². The molecule has 0 spiro atoms. The van der Waals surface area contributed by atoms with Gasteiger partial charge < -0.3 is 5.32 Å². The smallest absolute Gasteiger partial charge is 0.234 e. The van der Waals surface area contributed by atoms with E-state index in [0.29, 0.717) is 27.0 Å². The maximum atomic E-state index is 13.4. The molecule has 6 heteroatoms. The van der Waals surface area contributed by atoms with E-state index in [0.717, 1.165) is 0 Å². The summed E-state index contributed by atoms with van der Waals surface area (Å²) in [4.78, 5) is 11.8. The van der Waals surface area contributed by atoms with Crippen LogP contribution in [0.5, 0.6) is 0 Å². The van der Waals surface area contributed by atoms with Crippen molar-refractivity contribution in [2.45, 2.75) is 5.75 Å². The summed E-state index contributed by atoms with van der Waals surface area (Å²) in [6.45, 7) is 0. The Kier molecular flexibility index (Phi) is 5.91. The summed E-state index contributed by atoms with van der Waals surface area (Å²) in [7, 11) is 0. The van der Waals surface area contributed by atoms with Crippen LogP contribution in [0.3, 0.4) is 0 Å². The third-order valence-electron chi connectivity index (χ3n) is 2.65. The van der Waals surface area contributed by atoms with Crippen LogP contribution in [0, 0.1) is 5.82 Å². The van der Waals surface area contributed by atoms with Gasteiger partial charge in [0.15, 0.2) is 0 Å². The van der Waals surface area contributed by atoms with Gasteiger partial charge in [-0.3, -0.25) is 4.79 Å². The predicted molar refractivity (Wildman–Crippen MR) is 87.7 cm³/mol. The summed E-state index contributed by atoms with van der Waals surface area (Å²) in [6.07, 6.45) is 0. The van der Waals surface area contributed by atoms with Crippen molar-refractivity contribution in [3.05, 3.63) is 63.9 Å². The molecule has 1 N–H and O–H groups in total. The number of amides is 1. The maximum Gasteiger partial charge on any atom is 0.234 e.